The van der Waals surface area contributed by atoms with Crippen molar-refractivity contribution >= 4 is 12.2 Å². The Bertz CT molecular complexity index is 471. The van der Waals surface area contributed by atoms with E-state index in [1.165, 1.54) is 19.3 Å². The van der Waals surface area contributed by atoms with E-state index >= 15 is 0 Å². The second-order valence-electron chi connectivity index (χ2n) is 4.34. The van der Waals surface area contributed by atoms with Gasteiger partial charge in [-0.05, 0) is 31.0 Å². The summed E-state index contributed by atoms with van der Waals surface area (Å²) in [6.07, 6.45) is 5.99. The van der Waals surface area contributed by atoms with E-state index in [4.69, 9.17) is 18.0 Å². The molecule has 0 amide bonds. The summed E-state index contributed by atoms with van der Waals surface area (Å²) in [5, 5.41) is 0. The van der Waals surface area contributed by atoms with Crippen LogP contribution in [0, 0.1) is 4.77 Å². The van der Waals surface area contributed by atoms with Crippen LogP contribution in [0.15, 0.2) is 4.79 Å². The molecule has 0 radical (unpaired) electrons. The van der Waals surface area contributed by atoms with E-state index in [-0.39, 0.29) is 12.1 Å². The van der Waals surface area contributed by atoms with Crippen molar-refractivity contribution in [1.29, 1.82) is 0 Å². The van der Waals surface area contributed by atoms with E-state index in [2.05, 4.69) is 9.97 Å². The molecule has 1 aromatic rings. The minimum absolute atomic E-state index is 0.133. The van der Waals surface area contributed by atoms with Gasteiger partial charge in [0.25, 0.3) is 5.56 Å². The summed E-state index contributed by atoms with van der Waals surface area (Å²) >= 11 is 5.01. The highest BCUT2D eigenvalue weighted by Gasteiger charge is 2.20. The highest BCUT2D eigenvalue weighted by Crippen LogP contribution is 2.32. The number of aromatic nitrogens is 2. The van der Waals surface area contributed by atoms with E-state index in [9.17, 15) is 4.79 Å². The van der Waals surface area contributed by atoms with Crippen LogP contribution < -0.4 is 11.3 Å². The van der Waals surface area contributed by atoms with Gasteiger partial charge in [0.05, 0.1) is 5.56 Å². The number of aromatic amines is 2. The summed E-state index contributed by atoms with van der Waals surface area (Å²) < 4.78 is 0.405. The van der Waals surface area contributed by atoms with Crippen molar-refractivity contribution in [2.24, 2.45) is 5.73 Å². The molecule has 16 heavy (non-hydrogen) atoms. The molecule has 1 aliphatic carbocycles. The molecule has 0 atom stereocenters. The third-order valence-corrected chi connectivity index (χ3v) is 3.50. The summed E-state index contributed by atoms with van der Waals surface area (Å²) in [4.78, 5) is 17.4. The second-order valence-corrected chi connectivity index (χ2v) is 4.75. The Balaban J connectivity index is 2.45. The summed E-state index contributed by atoms with van der Waals surface area (Å²) in [5.74, 6) is 0.427. The van der Waals surface area contributed by atoms with Gasteiger partial charge < -0.3 is 10.7 Å². The fraction of sp³-hybridized carbons (Fsp3) is 0.636. The second kappa shape index (κ2) is 4.93. The predicted molar refractivity (Wildman–Crippen MR) is 66.0 cm³/mol. The maximum atomic E-state index is 11.7. The number of hydrogen-bond donors (Lipinski definition) is 3. The molecule has 0 spiro atoms. The standard InChI is InChI=1S/C11H17N3OS/c12-6-8-9(7-4-2-1-3-5-7)13-11(16)14-10(8)15/h7H,1-6,12H2,(H2,13,14,15,16). The fourth-order valence-electron chi connectivity index (χ4n) is 2.47. The molecule has 1 saturated carbocycles. The van der Waals surface area contributed by atoms with Gasteiger partial charge in [-0.2, -0.15) is 0 Å². The van der Waals surface area contributed by atoms with Gasteiger partial charge in [0.1, 0.15) is 0 Å². The van der Waals surface area contributed by atoms with E-state index in [1.54, 1.807) is 0 Å². The van der Waals surface area contributed by atoms with Gasteiger partial charge in [-0.15, -0.1) is 0 Å². The molecule has 0 aromatic carbocycles. The highest BCUT2D eigenvalue weighted by molar-refractivity contribution is 7.71. The lowest BCUT2D eigenvalue weighted by Gasteiger charge is -2.23. The monoisotopic (exact) mass is 239 g/mol. The van der Waals surface area contributed by atoms with Crippen LogP contribution in [0.2, 0.25) is 0 Å². The molecule has 1 aliphatic rings. The van der Waals surface area contributed by atoms with Crippen LogP contribution in [-0.4, -0.2) is 9.97 Å². The van der Waals surface area contributed by atoms with Crippen molar-refractivity contribution in [3.63, 3.8) is 0 Å². The molecule has 0 bridgehead atoms. The number of nitrogens with two attached hydrogens (primary N) is 1. The zero-order valence-electron chi connectivity index (χ0n) is 9.21. The first-order chi connectivity index (χ1) is 7.72. The average Bonchev–Trinajstić information content (AvgIpc) is 2.29. The maximum Gasteiger partial charge on any atom is 0.256 e. The Labute approximate surface area is 99.3 Å². The van der Waals surface area contributed by atoms with E-state index in [0.29, 0.717) is 16.3 Å². The predicted octanol–water partition coefficient (Wildman–Crippen LogP) is 1.94. The zero-order chi connectivity index (χ0) is 11.5. The van der Waals surface area contributed by atoms with Gasteiger partial charge in [0, 0.05) is 12.2 Å². The Morgan fingerprint density at radius 2 is 1.94 bits per heavy atom. The van der Waals surface area contributed by atoms with Gasteiger partial charge in [-0.1, -0.05) is 19.3 Å². The molecule has 0 saturated heterocycles. The van der Waals surface area contributed by atoms with Crippen LogP contribution >= 0.6 is 12.2 Å². The van der Waals surface area contributed by atoms with Gasteiger partial charge in [-0.25, -0.2) is 0 Å². The van der Waals surface area contributed by atoms with Crippen LogP contribution in [0.3, 0.4) is 0 Å². The van der Waals surface area contributed by atoms with Gasteiger partial charge >= 0.3 is 0 Å². The minimum Gasteiger partial charge on any atom is -0.335 e. The van der Waals surface area contributed by atoms with Crippen molar-refractivity contribution in [2.75, 3.05) is 0 Å². The third-order valence-electron chi connectivity index (χ3n) is 3.29. The quantitative estimate of drug-likeness (QED) is 0.690. The van der Waals surface area contributed by atoms with Crippen molar-refractivity contribution in [3.8, 4) is 0 Å². The molecule has 4 N–H and O–H groups in total. The smallest absolute Gasteiger partial charge is 0.256 e. The first kappa shape index (κ1) is 11.5. The summed E-state index contributed by atoms with van der Waals surface area (Å²) in [5.41, 5.74) is 7.14. The zero-order valence-corrected chi connectivity index (χ0v) is 10.0. The van der Waals surface area contributed by atoms with Gasteiger partial charge in [0.2, 0.25) is 0 Å². The van der Waals surface area contributed by atoms with Crippen molar-refractivity contribution in [1.82, 2.24) is 9.97 Å². The van der Waals surface area contributed by atoms with Gasteiger partial charge in [-0.3, -0.25) is 9.78 Å². The van der Waals surface area contributed by atoms with Crippen molar-refractivity contribution < 1.29 is 0 Å². The van der Waals surface area contributed by atoms with E-state index in [0.717, 1.165) is 18.5 Å². The molecule has 1 heterocycles. The molecule has 1 aromatic heterocycles. The molecule has 1 fully saturated rings. The van der Waals surface area contributed by atoms with E-state index < -0.39 is 0 Å². The third kappa shape index (κ3) is 2.25. The van der Waals surface area contributed by atoms with Crippen molar-refractivity contribution in [2.45, 2.75) is 44.6 Å². The lowest BCUT2D eigenvalue weighted by Crippen LogP contribution is -2.23. The number of rotatable bonds is 2. The fourth-order valence-corrected chi connectivity index (χ4v) is 2.67. The lowest BCUT2D eigenvalue weighted by molar-refractivity contribution is 0.433. The molecule has 88 valence electrons. The molecule has 5 heteroatoms. The Morgan fingerprint density at radius 1 is 1.25 bits per heavy atom. The topological polar surface area (TPSA) is 74.7 Å². The highest BCUT2D eigenvalue weighted by atomic mass is 32.1. The molecular formula is C11H17N3OS. The summed E-state index contributed by atoms with van der Waals surface area (Å²) in [7, 11) is 0. The normalized spacial score (nSPS) is 17.6. The molecule has 2 rings (SSSR count). The van der Waals surface area contributed by atoms with Crippen molar-refractivity contribution in [3.05, 3.63) is 26.4 Å². The van der Waals surface area contributed by atoms with Crippen LogP contribution in [0.4, 0.5) is 0 Å². The summed E-state index contributed by atoms with van der Waals surface area (Å²) in [6, 6.07) is 0. The summed E-state index contributed by atoms with van der Waals surface area (Å²) in [6.45, 7) is 0.271. The SMILES string of the molecule is NCc1c(C2CCCCC2)[nH]c(=S)[nH]c1=O. The van der Waals surface area contributed by atoms with Crippen LogP contribution in [0.25, 0.3) is 0 Å². The maximum absolute atomic E-state index is 11.7. The van der Waals surface area contributed by atoms with Gasteiger partial charge in [0.15, 0.2) is 4.77 Å². The Morgan fingerprint density at radius 3 is 2.56 bits per heavy atom. The largest absolute Gasteiger partial charge is 0.335 e. The van der Waals surface area contributed by atoms with E-state index in [1.807, 2.05) is 0 Å². The number of H-pyrrole nitrogens is 2. The Kier molecular flexibility index (Phi) is 3.56. The molecule has 0 unspecified atom stereocenters. The molecule has 0 aliphatic heterocycles. The van der Waals surface area contributed by atoms with Crippen LogP contribution in [0.5, 0.6) is 0 Å². The average molecular weight is 239 g/mol. The first-order valence-electron chi connectivity index (χ1n) is 5.78. The number of hydrogen-bond acceptors (Lipinski definition) is 3. The lowest BCUT2D eigenvalue weighted by atomic mass is 9.85. The molecular weight excluding hydrogens is 222 g/mol. The van der Waals surface area contributed by atoms with Crippen LogP contribution in [-0.2, 0) is 6.54 Å². The first-order valence-corrected chi connectivity index (χ1v) is 6.18. The Hall–Kier alpha value is -0.940. The minimum atomic E-state index is -0.133. The van der Waals surface area contributed by atoms with Crippen LogP contribution in [0.1, 0.15) is 49.3 Å². The number of nitrogens with one attached hydrogen (secondary N) is 2. The molecule has 4 nitrogen and oxygen atoms in total.